The zero-order chi connectivity index (χ0) is 30.5. The van der Waals surface area contributed by atoms with Crippen molar-refractivity contribution < 1.29 is 19.5 Å². The minimum absolute atomic E-state index is 0.0678. The molecule has 1 aliphatic rings. The lowest BCUT2D eigenvalue weighted by molar-refractivity contribution is -0.135. The predicted octanol–water partition coefficient (Wildman–Crippen LogP) is 4.56. The second-order valence-corrected chi connectivity index (χ2v) is 10.5. The van der Waals surface area contributed by atoms with Gasteiger partial charge in [-0.2, -0.15) is 0 Å². The third-order valence-corrected chi connectivity index (χ3v) is 8.05. The van der Waals surface area contributed by atoms with Gasteiger partial charge >= 0.3 is 5.97 Å². The van der Waals surface area contributed by atoms with E-state index in [9.17, 15) is 19.5 Å². The van der Waals surface area contributed by atoms with E-state index >= 15 is 0 Å². The number of carboxylic acids is 1. The molecule has 7 rings (SSSR count). The number of nitrogens with one attached hydrogen (secondary N) is 4. The number of primary amides is 1. The monoisotopic (exact) mass is 583 g/mol. The number of nitrogens with zero attached hydrogens (tertiary/aromatic N) is 2. The number of anilines is 3. The fourth-order valence-corrected chi connectivity index (χ4v) is 6.04. The Balaban J connectivity index is 1.52. The van der Waals surface area contributed by atoms with E-state index in [4.69, 9.17) is 10.7 Å². The molecule has 2 atom stereocenters. The fourth-order valence-electron chi connectivity index (χ4n) is 6.04. The number of aromatic carboxylic acids is 1. The number of hydrogen-bond donors (Lipinski definition) is 6. The molecule has 0 fully saturated rings. The van der Waals surface area contributed by atoms with Crippen LogP contribution in [0.3, 0.4) is 0 Å². The highest BCUT2D eigenvalue weighted by atomic mass is 16.4. The first kappa shape index (κ1) is 26.7. The summed E-state index contributed by atoms with van der Waals surface area (Å²) in [6, 6.07) is 29.5. The molecule has 0 saturated heterocycles. The highest BCUT2D eigenvalue weighted by molar-refractivity contribution is 6.18. The van der Waals surface area contributed by atoms with Gasteiger partial charge in [-0.15, -0.1) is 0 Å². The van der Waals surface area contributed by atoms with E-state index < -0.39 is 28.9 Å². The van der Waals surface area contributed by atoms with Gasteiger partial charge in [-0.25, -0.2) is 9.78 Å². The number of carbonyl (C=O) groups excluding carboxylic acids is 2. The van der Waals surface area contributed by atoms with E-state index in [-0.39, 0.29) is 28.5 Å². The number of pyridine rings is 1. The Labute approximate surface area is 250 Å². The van der Waals surface area contributed by atoms with Gasteiger partial charge in [0.15, 0.2) is 11.1 Å². The van der Waals surface area contributed by atoms with Gasteiger partial charge in [-0.1, -0.05) is 72.8 Å². The first-order chi connectivity index (χ1) is 21.3. The van der Waals surface area contributed by atoms with E-state index in [2.05, 4.69) is 25.9 Å². The quantitative estimate of drug-likeness (QED) is 0.148. The van der Waals surface area contributed by atoms with Crippen molar-refractivity contribution >= 4 is 56.9 Å². The van der Waals surface area contributed by atoms with Crippen LogP contribution in [0.25, 0.3) is 21.8 Å². The van der Waals surface area contributed by atoms with Crippen LogP contribution in [0.2, 0.25) is 0 Å². The third kappa shape index (κ3) is 3.87. The number of carbonyl (C=O) groups is 3. The summed E-state index contributed by atoms with van der Waals surface area (Å²) in [7, 11) is 0. The highest BCUT2D eigenvalue weighted by Gasteiger charge is 2.66. The Morgan fingerprint density at radius 1 is 0.841 bits per heavy atom. The predicted molar refractivity (Wildman–Crippen MR) is 166 cm³/mol. The second-order valence-electron chi connectivity index (χ2n) is 10.5. The summed E-state index contributed by atoms with van der Waals surface area (Å²) in [6.07, 6.45) is 1.63. The molecule has 2 unspecified atom stereocenters. The van der Waals surface area contributed by atoms with E-state index in [0.717, 1.165) is 10.8 Å². The van der Waals surface area contributed by atoms with Crippen LogP contribution in [0.4, 0.5) is 17.3 Å². The average Bonchev–Trinajstić information content (AvgIpc) is 3.63. The largest absolute Gasteiger partial charge is 0.478 e. The van der Waals surface area contributed by atoms with Crippen LogP contribution >= 0.6 is 0 Å². The van der Waals surface area contributed by atoms with Crippen molar-refractivity contribution in [2.75, 3.05) is 16.0 Å². The number of rotatable bonds is 7. The second kappa shape index (κ2) is 9.95. The number of amides is 2. The fraction of sp³-hybridized carbons (Fsp3) is 0.0606. The van der Waals surface area contributed by atoms with Crippen molar-refractivity contribution in [2.45, 2.75) is 11.1 Å². The summed E-state index contributed by atoms with van der Waals surface area (Å²) in [5.74, 6) is -2.94. The topological polar surface area (TPSA) is 175 Å². The van der Waals surface area contributed by atoms with Gasteiger partial charge in [0.2, 0.25) is 11.9 Å². The number of benzene rings is 4. The van der Waals surface area contributed by atoms with Gasteiger partial charge in [-0.3, -0.25) is 19.9 Å². The number of para-hydroxylation sites is 3. The molecule has 11 nitrogen and oxygen atoms in total. The number of H-pyrrole nitrogens is 1. The molecule has 0 aliphatic carbocycles. The summed E-state index contributed by atoms with van der Waals surface area (Å²) < 4.78 is 0. The molecule has 6 aromatic rings. The van der Waals surface area contributed by atoms with Gasteiger partial charge in [0, 0.05) is 11.6 Å². The SMILES string of the molecule is NC(=O)C(C(=O)Nc1nc2ccccc2[nH]1)(c1ccccc1)C1(c2cc3ccccc3cn2)Nc2cccc(C(=O)O)c2N1. The van der Waals surface area contributed by atoms with E-state index in [1.807, 2.05) is 36.4 Å². The highest BCUT2D eigenvalue weighted by Crippen LogP contribution is 2.52. The van der Waals surface area contributed by atoms with Crippen molar-refractivity contribution in [1.82, 2.24) is 15.0 Å². The summed E-state index contributed by atoms with van der Waals surface area (Å²) >= 11 is 0. The third-order valence-electron chi connectivity index (χ3n) is 8.05. The Bertz CT molecular complexity index is 2080. The Hall–Kier alpha value is -6.23. The van der Waals surface area contributed by atoms with E-state index in [1.165, 1.54) is 6.07 Å². The molecule has 0 spiro atoms. The minimum Gasteiger partial charge on any atom is -0.478 e. The molecule has 1 aliphatic heterocycles. The number of hydrogen-bond acceptors (Lipinski definition) is 7. The summed E-state index contributed by atoms with van der Waals surface area (Å²) in [5, 5.41) is 21.0. The number of aromatic nitrogens is 3. The van der Waals surface area contributed by atoms with Crippen LogP contribution in [0.1, 0.15) is 21.6 Å². The molecule has 11 heteroatoms. The summed E-state index contributed by atoms with van der Waals surface area (Å²) in [6.45, 7) is 0. The van der Waals surface area contributed by atoms with Gasteiger partial charge in [0.05, 0.1) is 33.7 Å². The van der Waals surface area contributed by atoms with E-state index in [1.54, 1.807) is 66.9 Å². The number of nitrogens with two attached hydrogens (primary N) is 1. The van der Waals surface area contributed by atoms with Crippen molar-refractivity contribution in [1.29, 1.82) is 0 Å². The standard InChI is InChI=1S/C33H25N7O4/c34-29(43)32(21-11-2-1-3-12-21,30(44)38-31-36-23-14-6-7-15-24(23)37-31)33(26-17-19-9-4-5-10-20(19)18-35-26)39-25-16-8-13-22(28(41)42)27(25)40-33/h1-18,39-40H,(H2,34,43)(H,41,42)(H2,36,37,38,44). The zero-order valence-corrected chi connectivity index (χ0v) is 23.0. The first-order valence-electron chi connectivity index (χ1n) is 13.7. The summed E-state index contributed by atoms with van der Waals surface area (Å²) in [4.78, 5) is 53.6. The van der Waals surface area contributed by atoms with Crippen molar-refractivity contribution in [3.63, 3.8) is 0 Å². The number of fused-ring (bicyclic) bond motifs is 3. The number of aromatic amines is 1. The average molecular weight is 584 g/mol. The Morgan fingerprint density at radius 2 is 1.57 bits per heavy atom. The van der Waals surface area contributed by atoms with Gasteiger partial charge in [0.25, 0.3) is 5.91 Å². The molecular formula is C33H25N7O4. The minimum atomic E-state index is -2.27. The molecular weight excluding hydrogens is 558 g/mol. The maximum absolute atomic E-state index is 14.9. The first-order valence-corrected chi connectivity index (χ1v) is 13.7. The lowest BCUT2D eigenvalue weighted by Crippen LogP contribution is -2.68. The lowest BCUT2D eigenvalue weighted by atomic mass is 9.66. The maximum Gasteiger partial charge on any atom is 0.337 e. The molecule has 7 N–H and O–H groups in total. The molecule has 3 heterocycles. The van der Waals surface area contributed by atoms with Crippen LogP contribution < -0.4 is 21.7 Å². The van der Waals surface area contributed by atoms with Crippen LogP contribution in [0, 0.1) is 0 Å². The van der Waals surface area contributed by atoms with Crippen LogP contribution in [0.5, 0.6) is 0 Å². The molecule has 44 heavy (non-hydrogen) atoms. The number of carboxylic acid groups (broad SMARTS) is 1. The molecule has 2 amide bonds. The Morgan fingerprint density at radius 3 is 2.32 bits per heavy atom. The summed E-state index contributed by atoms with van der Waals surface area (Å²) in [5.41, 5.74) is 4.35. The van der Waals surface area contributed by atoms with Crippen LogP contribution in [-0.4, -0.2) is 37.8 Å². The van der Waals surface area contributed by atoms with E-state index in [0.29, 0.717) is 16.7 Å². The normalized spacial score (nSPS) is 16.8. The molecule has 2 aromatic heterocycles. The number of imidazole rings is 1. The van der Waals surface area contributed by atoms with Gasteiger partial charge in [-0.05, 0) is 41.3 Å². The van der Waals surface area contributed by atoms with Crippen LogP contribution in [0.15, 0.2) is 109 Å². The molecule has 0 radical (unpaired) electrons. The van der Waals surface area contributed by atoms with Crippen molar-refractivity contribution in [3.8, 4) is 0 Å². The molecule has 216 valence electrons. The molecule has 0 bridgehead atoms. The zero-order valence-electron chi connectivity index (χ0n) is 23.0. The van der Waals surface area contributed by atoms with Gasteiger partial charge in [0.1, 0.15) is 0 Å². The Kier molecular flexibility index (Phi) is 6.03. The van der Waals surface area contributed by atoms with Crippen LogP contribution in [-0.2, 0) is 20.7 Å². The van der Waals surface area contributed by atoms with Crippen molar-refractivity contribution in [3.05, 3.63) is 126 Å². The smallest absolute Gasteiger partial charge is 0.337 e. The lowest BCUT2D eigenvalue weighted by Gasteiger charge is -2.45. The maximum atomic E-state index is 14.9. The van der Waals surface area contributed by atoms with Gasteiger partial charge < -0.3 is 26.5 Å². The van der Waals surface area contributed by atoms with Crippen molar-refractivity contribution in [2.24, 2.45) is 5.73 Å². The molecule has 0 saturated carbocycles. The molecule has 4 aromatic carbocycles.